The fourth-order valence-corrected chi connectivity index (χ4v) is 3.44. The van der Waals surface area contributed by atoms with Crippen molar-refractivity contribution >= 4 is 22.8 Å². The first-order valence-electron chi connectivity index (χ1n) is 9.83. The summed E-state index contributed by atoms with van der Waals surface area (Å²) in [6.45, 7) is 1.00. The zero-order chi connectivity index (χ0) is 20.8. The zero-order valence-corrected chi connectivity index (χ0v) is 16.8. The van der Waals surface area contributed by atoms with Crippen molar-refractivity contribution in [2.75, 3.05) is 7.11 Å². The summed E-state index contributed by atoms with van der Waals surface area (Å²) in [5, 5.41) is 2.32. The average Bonchev–Trinajstić information content (AvgIpc) is 3.31. The lowest BCUT2D eigenvalue weighted by Gasteiger charge is -2.22. The van der Waals surface area contributed by atoms with Crippen LogP contribution in [-0.4, -0.2) is 17.9 Å². The molecule has 0 spiro atoms. The molecular formula is C26H23NO3. The smallest absolute Gasteiger partial charge is 0.247 e. The highest BCUT2D eigenvalue weighted by atomic mass is 16.5. The maximum atomic E-state index is 13.1. The monoisotopic (exact) mass is 397 g/mol. The first kappa shape index (κ1) is 19.5. The van der Waals surface area contributed by atoms with Crippen LogP contribution in [0.5, 0.6) is 5.75 Å². The van der Waals surface area contributed by atoms with Gasteiger partial charge >= 0.3 is 0 Å². The molecule has 4 heteroatoms. The fraction of sp³-hybridized carbons (Fsp3) is 0.115. The maximum Gasteiger partial charge on any atom is 0.247 e. The third kappa shape index (κ3) is 4.61. The third-order valence-electron chi connectivity index (χ3n) is 5.02. The molecule has 0 aliphatic carbocycles. The van der Waals surface area contributed by atoms with Crippen LogP contribution in [0.2, 0.25) is 0 Å². The third-order valence-corrected chi connectivity index (χ3v) is 5.02. The number of methoxy groups -OCH3 is 1. The summed E-state index contributed by atoms with van der Waals surface area (Å²) in [5.74, 6) is 1.37. The number of carbonyl (C=O) groups excluding carboxylic acids is 1. The van der Waals surface area contributed by atoms with E-state index >= 15 is 0 Å². The lowest BCUT2D eigenvalue weighted by Crippen LogP contribution is -2.28. The Morgan fingerprint density at radius 3 is 2.50 bits per heavy atom. The molecule has 0 aliphatic heterocycles. The number of hydrogen-bond donors (Lipinski definition) is 0. The molecule has 4 rings (SSSR count). The number of fused-ring (bicyclic) bond motifs is 1. The Bertz CT molecular complexity index is 1140. The molecule has 0 N–H and O–H groups in total. The number of rotatable bonds is 7. The molecule has 1 amide bonds. The Balaban J connectivity index is 1.62. The van der Waals surface area contributed by atoms with Crippen molar-refractivity contribution in [3.63, 3.8) is 0 Å². The molecule has 0 fully saturated rings. The van der Waals surface area contributed by atoms with Crippen LogP contribution >= 0.6 is 0 Å². The molecule has 0 atom stereocenters. The van der Waals surface area contributed by atoms with Gasteiger partial charge < -0.3 is 14.1 Å². The van der Waals surface area contributed by atoms with Crippen LogP contribution in [0.25, 0.3) is 16.8 Å². The van der Waals surface area contributed by atoms with Crippen molar-refractivity contribution in [3.05, 3.63) is 108 Å². The molecule has 4 nitrogen and oxygen atoms in total. The van der Waals surface area contributed by atoms with Crippen molar-refractivity contribution in [2.24, 2.45) is 0 Å². The number of amides is 1. The molecule has 1 heterocycles. The highest BCUT2D eigenvalue weighted by Gasteiger charge is 2.14. The Hall–Kier alpha value is -3.79. The summed E-state index contributed by atoms with van der Waals surface area (Å²) < 4.78 is 10.6. The number of hydrogen-bond acceptors (Lipinski definition) is 3. The molecule has 0 bridgehead atoms. The van der Waals surface area contributed by atoms with E-state index in [1.807, 2.05) is 53.4 Å². The van der Waals surface area contributed by atoms with Crippen LogP contribution in [0.1, 0.15) is 16.9 Å². The van der Waals surface area contributed by atoms with Crippen LogP contribution in [0, 0.1) is 0 Å². The number of nitrogens with zero attached hydrogens (tertiary/aromatic N) is 1. The molecule has 150 valence electrons. The first-order valence-corrected chi connectivity index (χ1v) is 9.83. The van der Waals surface area contributed by atoms with E-state index in [0.29, 0.717) is 18.8 Å². The molecule has 0 unspecified atom stereocenters. The normalized spacial score (nSPS) is 11.1. The van der Waals surface area contributed by atoms with Gasteiger partial charge in [0.2, 0.25) is 5.91 Å². The standard InChI is InChI=1S/C26H23NO3/c1-29-23-13-11-20(12-14-23)18-27(26(28)16-15-24-9-5-17-30-24)19-22-8-4-7-21-6-2-3-10-25(21)22/h2-17H,18-19H2,1H3/b16-15+. The van der Waals surface area contributed by atoms with Gasteiger partial charge in [-0.15, -0.1) is 0 Å². The highest BCUT2D eigenvalue weighted by molar-refractivity contribution is 5.92. The van der Waals surface area contributed by atoms with Gasteiger partial charge in [0.25, 0.3) is 0 Å². The molecular weight excluding hydrogens is 374 g/mol. The minimum Gasteiger partial charge on any atom is -0.497 e. The fourth-order valence-electron chi connectivity index (χ4n) is 3.44. The Morgan fingerprint density at radius 2 is 1.73 bits per heavy atom. The summed E-state index contributed by atoms with van der Waals surface area (Å²) in [5.41, 5.74) is 2.15. The van der Waals surface area contributed by atoms with Gasteiger partial charge in [0.15, 0.2) is 0 Å². The number of benzene rings is 3. The summed E-state index contributed by atoms with van der Waals surface area (Å²) in [6.07, 6.45) is 4.86. The summed E-state index contributed by atoms with van der Waals surface area (Å²) in [4.78, 5) is 14.9. The molecule has 0 radical (unpaired) electrons. The zero-order valence-electron chi connectivity index (χ0n) is 16.8. The van der Waals surface area contributed by atoms with E-state index in [2.05, 4.69) is 24.3 Å². The van der Waals surface area contributed by atoms with Gasteiger partial charge in [0, 0.05) is 19.2 Å². The van der Waals surface area contributed by atoms with E-state index in [4.69, 9.17) is 9.15 Å². The highest BCUT2D eigenvalue weighted by Crippen LogP contribution is 2.22. The van der Waals surface area contributed by atoms with Gasteiger partial charge in [0.05, 0.1) is 13.4 Å². The van der Waals surface area contributed by atoms with Crippen LogP contribution in [0.4, 0.5) is 0 Å². The van der Waals surface area contributed by atoms with Crippen LogP contribution in [0.3, 0.4) is 0 Å². The van der Waals surface area contributed by atoms with Crippen molar-refractivity contribution in [2.45, 2.75) is 13.1 Å². The Morgan fingerprint density at radius 1 is 0.933 bits per heavy atom. The first-order chi connectivity index (χ1) is 14.7. The second-order valence-corrected chi connectivity index (χ2v) is 7.03. The largest absolute Gasteiger partial charge is 0.497 e. The van der Waals surface area contributed by atoms with Crippen LogP contribution < -0.4 is 4.74 Å². The number of carbonyl (C=O) groups is 1. The topological polar surface area (TPSA) is 42.7 Å². The molecule has 0 saturated heterocycles. The van der Waals surface area contributed by atoms with Crippen molar-refractivity contribution in [1.29, 1.82) is 0 Å². The molecule has 4 aromatic rings. The molecule has 1 aromatic heterocycles. The van der Waals surface area contributed by atoms with Crippen LogP contribution in [-0.2, 0) is 17.9 Å². The summed E-state index contributed by atoms with van der Waals surface area (Å²) in [7, 11) is 1.64. The quantitative estimate of drug-likeness (QED) is 0.377. The van der Waals surface area contributed by atoms with Gasteiger partial charge in [-0.3, -0.25) is 4.79 Å². The van der Waals surface area contributed by atoms with E-state index < -0.39 is 0 Å². The minimum absolute atomic E-state index is 0.0739. The van der Waals surface area contributed by atoms with Gasteiger partial charge in [-0.1, -0.05) is 54.6 Å². The van der Waals surface area contributed by atoms with Gasteiger partial charge in [-0.2, -0.15) is 0 Å². The van der Waals surface area contributed by atoms with E-state index in [1.165, 1.54) is 0 Å². The lowest BCUT2D eigenvalue weighted by molar-refractivity contribution is -0.127. The van der Waals surface area contributed by atoms with E-state index in [1.54, 1.807) is 31.6 Å². The SMILES string of the molecule is COc1ccc(CN(Cc2cccc3ccccc23)C(=O)/C=C/c2ccco2)cc1. The molecule has 30 heavy (non-hydrogen) atoms. The van der Waals surface area contributed by atoms with Crippen molar-refractivity contribution < 1.29 is 13.9 Å². The van der Waals surface area contributed by atoms with Gasteiger partial charge in [0.1, 0.15) is 11.5 Å². The summed E-state index contributed by atoms with van der Waals surface area (Å²) in [6, 6.07) is 25.9. The predicted octanol–water partition coefficient (Wildman–Crippen LogP) is 5.68. The van der Waals surface area contributed by atoms with Gasteiger partial charge in [-0.05, 0) is 52.2 Å². The van der Waals surface area contributed by atoms with Crippen molar-refractivity contribution in [1.82, 2.24) is 4.90 Å². The average molecular weight is 397 g/mol. The lowest BCUT2D eigenvalue weighted by atomic mass is 10.0. The van der Waals surface area contributed by atoms with E-state index in [9.17, 15) is 4.79 Å². The second kappa shape index (κ2) is 9.14. The predicted molar refractivity (Wildman–Crippen MR) is 119 cm³/mol. The number of ether oxygens (including phenoxy) is 1. The number of furan rings is 1. The van der Waals surface area contributed by atoms with Crippen molar-refractivity contribution in [3.8, 4) is 5.75 Å². The van der Waals surface area contributed by atoms with E-state index in [0.717, 1.165) is 27.6 Å². The maximum absolute atomic E-state index is 13.1. The van der Waals surface area contributed by atoms with Gasteiger partial charge in [-0.25, -0.2) is 0 Å². The second-order valence-electron chi connectivity index (χ2n) is 7.03. The Labute approximate surface area is 176 Å². The van der Waals surface area contributed by atoms with E-state index in [-0.39, 0.29) is 5.91 Å². The molecule has 0 aliphatic rings. The Kier molecular flexibility index (Phi) is 5.95. The molecule has 3 aromatic carbocycles. The summed E-state index contributed by atoms with van der Waals surface area (Å²) >= 11 is 0. The van der Waals surface area contributed by atoms with Crippen LogP contribution in [0.15, 0.2) is 95.6 Å². The minimum atomic E-state index is -0.0739. The molecule has 0 saturated carbocycles.